The zero-order valence-electron chi connectivity index (χ0n) is 8.16. The number of nitrogens with one attached hydrogen (secondary N) is 3. The molecule has 0 unspecified atom stereocenters. The van der Waals surface area contributed by atoms with Crippen molar-refractivity contribution >= 4 is 22.9 Å². The van der Waals surface area contributed by atoms with Gasteiger partial charge in [0.2, 0.25) is 5.95 Å². The summed E-state index contributed by atoms with van der Waals surface area (Å²) in [7, 11) is 1.60. The fourth-order valence-corrected chi connectivity index (χ4v) is 1.30. The molecule has 2 rings (SSSR count). The fraction of sp³-hybridized carbons (Fsp3) is 0.111. The zero-order valence-corrected chi connectivity index (χ0v) is 8.16. The number of imidazole rings is 1. The van der Waals surface area contributed by atoms with E-state index in [0.29, 0.717) is 5.95 Å². The van der Waals surface area contributed by atoms with Crippen LogP contribution in [0.4, 0.5) is 5.95 Å². The third-order valence-electron chi connectivity index (χ3n) is 1.94. The molecule has 15 heavy (non-hydrogen) atoms. The van der Waals surface area contributed by atoms with Crippen molar-refractivity contribution in [1.29, 1.82) is 5.41 Å². The van der Waals surface area contributed by atoms with Crippen LogP contribution in [0.5, 0.6) is 5.75 Å². The third kappa shape index (κ3) is 1.83. The molecular weight excluding hydrogens is 194 g/mol. The lowest BCUT2D eigenvalue weighted by atomic mass is 10.3. The maximum absolute atomic E-state index is 7.07. The largest absolute Gasteiger partial charge is 0.497 e. The van der Waals surface area contributed by atoms with E-state index in [9.17, 15) is 0 Å². The third-order valence-corrected chi connectivity index (χ3v) is 1.94. The molecule has 0 aliphatic carbocycles. The summed E-state index contributed by atoms with van der Waals surface area (Å²) in [6.45, 7) is 0. The minimum Gasteiger partial charge on any atom is -0.497 e. The summed E-state index contributed by atoms with van der Waals surface area (Å²) in [4.78, 5) is 7.17. The smallest absolute Gasteiger partial charge is 0.208 e. The molecule has 0 bridgehead atoms. The molecule has 0 saturated carbocycles. The molecule has 1 heterocycles. The number of hydrogen-bond donors (Lipinski definition) is 4. The van der Waals surface area contributed by atoms with Crippen LogP contribution in [0.15, 0.2) is 18.2 Å². The van der Waals surface area contributed by atoms with Crippen molar-refractivity contribution in [3.8, 4) is 5.75 Å². The number of nitrogens with two attached hydrogens (primary N) is 1. The van der Waals surface area contributed by atoms with Gasteiger partial charge in [-0.25, -0.2) is 4.98 Å². The van der Waals surface area contributed by atoms with E-state index in [1.54, 1.807) is 13.2 Å². The van der Waals surface area contributed by atoms with E-state index in [1.165, 1.54) is 0 Å². The van der Waals surface area contributed by atoms with E-state index >= 15 is 0 Å². The standard InChI is InChI=1S/C9H11N5O/c1-15-5-2-3-6-7(4-5)13-9(12-6)14-8(10)11/h2-4H,1H3,(H5,10,11,12,13,14). The van der Waals surface area contributed by atoms with Crippen LogP contribution in [0, 0.1) is 5.41 Å². The van der Waals surface area contributed by atoms with E-state index in [-0.39, 0.29) is 5.96 Å². The summed E-state index contributed by atoms with van der Waals surface area (Å²) in [6, 6.07) is 5.49. The monoisotopic (exact) mass is 205 g/mol. The number of methoxy groups -OCH3 is 1. The van der Waals surface area contributed by atoms with Gasteiger partial charge in [0.05, 0.1) is 18.1 Å². The molecule has 0 fully saturated rings. The van der Waals surface area contributed by atoms with E-state index in [0.717, 1.165) is 16.8 Å². The zero-order chi connectivity index (χ0) is 10.8. The second-order valence-corrected chi connectivity index (χ2v) is 3.01. The Morgan fingerprint density at radius 2 is 2.40 bits per heavy atom. The van der Waals surface area contributed by atoms with Gasteiger partial charge in [0.1, 0.15) is 5.75 Å². The lowest BCUT2D eigenvalue weighted by Gasteiger charge is -1.96. The van der Waals surface area contributed by atoms with Crippen molar-refractivity contribution in [2.24, 2.45) is 5.73 Å². The average Bonchev–Trinajstić information content (AvgIpc) is 2.57. The Balaban J connectivity index is 2.42. The molecule has 0 amide bonds. The van der Waals surface area contributed by atoms with Crippen LogP contribution in [0.25, 0.3) is 11.0 Å². The summed E-state index contributed by atoms with van der Waals surface area (Å²) in [5.74, 6) is 1.04. The molecule has 1 aromatic carbocycles. The number of H-pyrrole nitrogens is 1. The molecule has 78 valence electrons. The highest BCUT2D eigenvalue weighted by atomic mass is 16.5. The van der Waals surface area contributed by atoms with E-state index in [2.05, 4.69) is 15.3 Å². The number of aromatic amines is 1. The number of rotatable bonds is 2. The predicted molar refractivity (Wildman–Crippen MR) is 58.2 cm³/mol. The molecule has 0 saturated heterocycles. The summed E-state index contributed by atoms with van der Waals surface area (Å²) >= 11 is 0. The highest BCUT2D eigenvalue weighted by molar-refractivity contribution is 5.90. The second-order valence-electron chi connectivity index (χ2n) is 3.01. The predicted octanol–water partition coefficient (Wildman–Crippen LogP) is 0.877. The molecule has 5 N–H and O–H groups in total. The van der Waals surface area contributed by atoms with Gasteiger partial charge >= 0.3 is 0 Å². The van der Waals surface area contributed by atoms with Gasteiger partial charge in [-0.05, 0) is 12.1 Å². The van der Waals surface area contributed by atoms with Crippen molar-refractivity contribution < 1.29 is 4.74 Å². The summed E-state index contributed by atoms with van der Waals surface area (Å²) in [5.41, 5.74) is 6.81. The fourth-order valence-electron chi connectivity index (χ4n) is 1.30. The first-order chi connectivity index (χ1) is 7.19. The number of nitrogens with zero attached hydrogens (tertiary/aromatic N) is 1. The van der Waals surface area contributed by atoms with Crippen LogP contribution in [0.1, 0.15) is 0 Å². The molecular formula is C9H11N5O. The van der Waals surface area contributed by atoms with Crippen LogP contribution >= 0.6 is 0 Å². The average molecular weight is 205 g/mol. The number of fused-ring (bicyclic) bond motifs is 1. The number of guanidine groups is 1. The Hall–Kier alpha value is -2.24. The van der Waals surface area contributed by atoms with Crippen LogP contribution in [-0.4, -0.2) is 23.0 Å². The van der Waals surface area contributed by atoms with Crippen molar-refractivity contribution in [3.05, 3.63) is 18.2 Å². The number of hydrogen-bond acceptors (Lipinski definition) is 3. The Kier molecular flexibility index (Phi) is 2.17. The van der Waals surface area contributed by atoms with E-state index in [1.807, 2.05) is 12.1 Å². The quantitative estimate of drug-likeness (QED) is 0.432. The van der Waals surface area contributed by atoms with Gasteiger partial charge in [-0.15, -0.1) is 0 Å². The Labute approximate surface area is 86.0 Å². The summed E-state index contributed by atoms with van der Waals surface area (Å²) < 4.78 is 5.07. The van der Waals surface area contributed by atoms with Gasteiger partial charge < -0.3 is 15.5 Å². The van der Waals surface area contributed by atoms with Crippen molar-refractivity contribution in [1.82, 2.24) is 9.97 Å². The number of anilines is 1. The molecule has 0 radical (unpaired) electrons. The Bertz CT molecular complexity index is 504. The van der Waals surface area contributed by atoms with Crippen LogP contribution in [0.3, 0.4) is 0 Å². The van der Waals surface area contributed by atoms with Crippen LogP contribution < -0.4 is 15.8 Å². The summed E-state index contributed by atoms with van der Waals surface area (Å²) in [5, 5.41) is 9.65. The highest BCUT2D eigenvalue weighted by Crippen LogP contribution is 2.19. The van der Waals surface area contributed by atoms with Gasteiger partial charge in [-0.3, -0.25) is 10.7 Å². The normalized spacial score (nSPS) is 10.2. The highest BCUT2D eigenvalue weighted by Gasteiger charge is 2.03. The number of benzene rings is 1. The van der Waals surface area contributed by atoms with E-state index < -0.39 is 0 Å². The maximum atomic E-state index is 7.07. The topological polar surface area (TPSA) is 99.8 Å². The van der Waals surface area contributed by atoms with Crippen LogP contribution in [-0.2, 0) is 0 Å². The first-order valence-electron chi connectivity index (χ1n) is 4.34. The van der Waals surface area contributed by atoms with E-state index in [4.69, 9.17) is 15.9 Å². The Morgan fingerprint density at radius 3 is 3.07 bits per heavy atom. The molecule has 0 aliphatic heterocycles. The minimum absolute atomic E-state index is 0.152. The Morgan fingerprint density at radius 1 is 1.60 bits per heavy atom. The molecule has 2 aromatic rings. The summed E-state index contributed by atoms with van der Waals surface area (Å²) in [6.07, 6.45) is 0. The maximum Gasteiger partial charge on any atom is 0.208 e. The lowest BCUT2D eigenvalue weighted by molar-refractivity contribution is 0.415. The van der Waals surface area contributed by atoms with Crippen molar-refractivity contribution in [2.45, 2.75) is 0 Å². The molecule has 1 aromatic heterocycles. The molecule has 0 spiro atoms. The van der Waals surface area contributed by atoms with Gasteiger partial charge in [-0.2, -0.15) is 0 Å². The second kappa shape index (κ2) is 3.49. The lowest BCUT2D eigenvalue weighted by Crippen LogP contribution is -2.21. The minimum atomic E-state index is -0.152. The molecule has 6 nitrogen and oxygen atoms in total. The molecule has 6 heteroatoms. The van der Waals surface area contributed by atoms with Gasteiger partial charge in [-0.1, -0.05) is 0 Å². The van der Waals surface area contributed by atoms with Gasteiger partial charge in [0.25, 0.3) is 0 Å². The molecule has 0 aliphatic rings. The van der Waals surface area contributed by atoms with Gasteiger partial charge in [0, 0.05) is 6.07 Å². The number of ether oxygens (including phenoxy) is 1. The number of aromatic nitrogens is 2. The van der Waals surface area contributed by atoms with Crippen molar-refractivity contribution in [3.63, 3.8) is 0 Å². The van der Waals surface area contributed by atoms with Gasteiger partial charge in [0.15, 0.2) is 5.96 Å². The first-order valence-corrected chi connectivity index (χ1v) is 4.34. The molecule has 0 atom stereocenters. The first kappa shape index (κ1) is 9.32. The van der Waals surface area contributed by atoms with Crippen molar-refractivity contribution in [2.75, 3.05) is 12.4 Å². The SMILES string of the molecule is COc1ccc2[nH]c(NC(=N)N)nc2c1. The van der Waals surface area contributed by atoms with Crippen LogP contribution in [0.2, 0.25) is 0 Å².